The third-order valence-electron chi connectivity index (χ3n) is 2.28. The molecule has 0 amide bonds. The van der Waals surface area contributed by atoms with Crippen LogP contribution >= 0.6 is 35.0 Å². The predicted octanol–water partition coefficient (Wildman–Crippen LogP) is 4.23. The first-order valence-corrected chi connectivity index (χ1v) is 7.52. The van der Waals surface area contributed by atoms with Gasteiger partial charge in [-0.3, -0.25) is 0 Å². The molecule has 0 saturated carbocycles. The van der Waals surface area contributed by atoms with Gasteiger partial charge in [0.05, 0.1) is 0 Å². The number of thioether (sulfide) groups is 1. The van der Waals surface area contributed by atoms with Gasteiger partial charge in [0.25, 0.3) is 0 Å². The van der Waals surface area contributed by atoms with Crippen molar-refractivity contribution in [3.05, 3.63) is 33.8 Å². The van der Waals surface area contributed by atoms with Gasteiger partial charge in [-0.05, 0) is 55.2 Å². The molecule has 0 bridgehead atoms. The molecule has 0 aliphatic carbocycles. The van der Waals surface area contributed by atoms with Gasteiger partial charge in [0, 0.05) is 16.6 Å². The molecule has 0 aromatic heterocycles. The quantitative estimate of drug-likeness (QED) is 0.749. The van der Waals surface area contributed by atoms with Crippen molar-refractivity contribution in [2.24, 2.45) is 0 Å². The lowest BCUT2D eigenvalue weighted by atomic mass is 10.2. The monoisotopic (exact) mass is 277 g/mol. The summed E-state index contributed by atoms with van der Waals surface area (Å²) in [4.78, 5) is 0. The van der Waals surface area contributed by atoms with E-state index in [1.807, 2.05) is 30.0 Å². The second-order valence-corrected chi connectivity index (χ2v) is 5.44. The number of hydrogen-bond donors (Lipinski definition) is 1. The standard InChI is InChI=1S/C12H17Cl2NS/c1-16-7-3-2-6-15-9-10-8-11(13)4-5-12(10)14/h4-5,8,15H,2-3,6-7,9H2,1H3. The number of halogens is 2. The van der Waals surface area contributed by atoms with Gasteiger partial charge >= 0.3 is 0 Å². The fourth-order valence-electron chi connectivity index (χ4n) is 1.40. The maximum atomic E-state index is 6.06. The predicted molar refractivity (Wildman–Crippen MR) is 75.8 cm³/mol. The molecule has 0 atom stereocenters. The molecule has 4 heteroatoms. The van der Waals surface area contributed by atoms with E-state index in [1.54, 1.807) is 0 Å². The zero-order valence-corrected chi connectivity index (χ0v) is 11.8. The minimum absolute atomic E-state index is 0.739. The van der Waals surface area contributed by atoms with Crippen LogP contribution in [0.15, 0.2) is 18.2 Å². The van der Waals surface area contributed by atoms with Crippen LogP contribution in [0.1, 0.15) is 18.4 Å². The summed E-state index contributed by atoms with van der Waals surface area (Å²) in [5.41, 5.74) is 1.07. The molecule has 1 aromatic carbocycles. The van der Waals surface area contributed by atoms with E-state index in [0.717, 1.165) is 28.7 Å². The van der Waals surface area contributed by atoms with E-state index in [1.165, 1.54) is 18.6 Å². The third kappa shape index (κ3) is 5.44. The third-order valence-corrected chi connectivity index (χ3v) is 3.58. The molecule has 1 aromatic rings. The van der Waals surface area contributed by atoms with Crippen molar-refractivity contribution in [1.29, 1.82) is 0 Å². The number of rotatable bonds is 7. The summed E-state index contributed by atoms with van der Waals surface area (Å²) in [5.74, 6) is 1.24. The Morgan fingerprint density at radius 2 is 2.06 bits per heavy atom. The lowest BCUT2D eigenvalue weighted by Gasteiger charge is -2.07. The second kappa shape index (κ2) is 8.24. The first-order valence-electron chi connectivity index (χ1n) is 5.37. The maximum Gasteiger partial charge on any atom is 0.0451 e. The minimum atomic E-state index is 0.739. The van der Waals surface area contributed by atoms with E-state index >= 15 is 0 Å². The van der Waals surface area contributed by atoms with E-state index in [-0.39, 0.29) is 0 Å². The maximum absolute atomic E-state index is 6.06. The molecule has 1 nitrogen and oxygen atoms in total. The molecule has 0 aliphatic rings. The Bertz CT molecular complexity index is 318. The Morgan fingerprint density at radius 1 is 1.25 bits per heavy atom. The molecule has 0 heterocycles. The Hall–Kier alpha value is 0.110. The first kappa shape index (κ1) is 14.2. The summed E-state index contributed by atoms with van der Waals surface area (Å²) in [6, 6.07) is 5.57. The van der Waals surface area contributed by atoms with Gasteiger partial charge in [0.1, 0.15) is 0 Å². The van der Waals surface area contributed by atoms with Gasteiger partial charge in [-0.25, -0.2) is 0 Å². The Balaban J connectivity index is 2.23. The van der Waals surface area contributed by atoms with Gasteiger partial charge in [0.2, 0.25) is 0 Å². The SMILES string of the molecule is CSCCCCNCc1cc(Cl)ccc1Cl. The van der Waals surface area contributed by atoms with E-state index in [0.29, 0.717) is 0 Å². The molecular weight excluding hydrogens is 261 g/mol. The van der Waals surface area contributed by atoms with Gasteiger partial charge in [-0.1, -0.05) is 23.2 Å². The highest BCUT2D eigenvalue weighted by molar-refractivity contribution is 7.98. The topological polar surface area (TPSA) is 12.0 Å². The molecule has 16 heavy (non-hydrogen) atoms. The Kier molecular flexibility index (Phi) is 7.30. The van der Waals surface area contributed by atoms with Gasteiger partial charge < -0.3 is 5.32 Å². The van der Waals surface area contributed by atoms with Crippen LogP contribution in [-0.2, 0) is 6.54 Å². The average molecular weight is 278 g/mol. The summed E-state index contributed by atoms with van der Waals surface area (Å²) >= 11 is 13.9. The van der Waals surface area contributed by atoms with Crippen LogP contribution in [0, 0.1) is 0 Å². The molecule has 0 aliphatic heterocycles. The highest BCUT2D eigenvalue weighted by Crippen LogP contribution is 2.20. The molecule has 0 spiro atoms. The van der Waals surface area contributed by atoms with Crippen molar-refractivity contribution < 1.29 is 0 Å². The Morgan fingerprint density at radius 3 is 2.81 bits per heavy atom. The average Bonchev–Trinajstić information content (AvgIpc) is 2.28. The molecule has 90 valence electrons. The largest absolute Gasteiger partial charge is 0.313 e. The zero-order chi connectivity index (χ0) is 11.8. The van der Waals surface area contributed by atoms with Crippen LogP contribution in [0.5, 0.6) is 0 Å². The number of unbranched alkanes of at least 4 members (excludes halogenated alkanes) is 1. The summed E-state index contributed by atoms with van der Waals surface area (Å²) in [5, 5.41) is 4.89. The van der Waals surface area contributed by atoms with Gasteiger partial charge in [-0.15, -0.1) is 0 Å². The van der Waals surface area contributed by atoms with Crippen LogP contribution in [0.3, 0.4) is 0 Å². The second-order valence-electron chi connectivity index (χ2n) is 3.61. The summed E-state index contributed by atoms with van der Waals surface area (Å²) in [6.45, 7) is 1.82. The van der Waals surface area contributed by atoms with E-state index < -0.39 is 0 Å². The first-order chi connectivity index (χ1) is 7.74. The zero-order valence-electron chi connectivity index (χ0n) is 9.43. The fourth-order valence-corrected chi connectivity index (χ4v) is 2.27. The fraction of sp³-hybridized carbons (Fsp3) is 0.500. The highest BCUT2D eigenvalue weighted by atomic mass is 35.5. The van der Waals surface area contributed by atoms with Gasteiger partial charge in [-0.2, -0.15) is 11.8 Å². The van der Waals surface area contributed by atoms with Crippen molar-refractivity contribution in [2.45, 2.75) is 19.4 Å². The van der Waals surface area contributed by atoms with Crippen molar-refractivity contribution in [1.82, 2.24) is 5.32 Å². The molecular formula is C12H17Cl2NS. The van der Waals surface area contributed by atoms with Crippen LogP contribution in [0.2, 0.25) is 10.0 Å². The van der Waals surface area contributed by atoms with Crippen molar-refractivity contribution in [2.75, 3.05) is 18.6 Å². The minimum Gasteiger partial charge on any atom is -0.313 e. The van der Waals surface area contributed by atoms with Crippen LogP contribution in [-0.4, -0.2) is 18.6 Å². The van der Waals surface area contributed by atoms with Crippen molar-refractivity contribution in [3.63, 3.8) is 0 Å². The van der Waals surface area contributed by atoms with Crippen LogP contribution in [0.4, 0.5) is 0 Å². The summed E-state index contributed by atoms with van der Waals surface area (Å²) in [7, 11) is 0. The number of hydrogen-bond acceptors (Lipinski definition) is 2. The van der Waals surface area contributed by atoms with Crippen LogP contribution in [0.25, 0.3) is 0 Å². The lowest BCUT2D eigenvalue weighted by molar-refractivity contribution is 0.644. The van der Waals surface area contributed by atoms with E-state index in [4.69, 9.17) is 23.2 Å². The number of nitrogens with one attached hydrogen (secondary N) is 1. The molecule has 0 radical (unpaired) electrons. The lowest BCUT2D eigenvalue weighted by Crippen LogP contribution is -2.15. The van der Waals surface area contributed by atoms with E-state index in [9.17, 15) is 0 Å². The van der Waals surface area contributed by atoms with Crippen molar-refractivity contribution in [3.8, 4) is 0 Å². The molecule has 1 N–H and O–H groups in total. The molecule has 1 rings (SSSR count). The number of benzene rings is 1. The smallest absolute Gasteiger partial charge is 0.0451 e. The normalized spacial score (nSPS) is 10.7. The summed E-state index contributed by atoms with van der Waals surface area (Å²) in [6.07, 6.45) is 4.61. The molecule has 0 unspecified atom stereocenters. The Labute approximate surface area is 112 Å². The highest BCUT2D eigenvalue weighted by Gasteiger charge is 2.00. The van der Waals surface area contributed by atoms with Crippen LogP contribution < -0.4 is 5.32 Å². The van der Waals surface area contributed by atoms with Gasteiger partial charge in [0.15, 0.2) is 0 Å². The van der Waals surface area contributed by atoms with Crippen molar-refractivity contribution >= 4 is 35.0 Å². The van der Waals surface area contributed by atoms with E-state index in [2.05, 4.69) is 11.6 Å². The summed E-state index contributed by atoms with van der Waals surface area (Å²) < 4.78 is 0. The molecule has 0 fully saturated rings. The molecule has 0 saturated heterocycles.